The molecule has 0 bridgehead atoms. The van der Waals surface area contributed by atoms with E-state index in [1.165, 1.54) is 6.07 Å². The van der Waals surface area contributed by atoms with Crippen molar-refractivity contribution in [3.63, 3.8) is 0 Å². The predicted molar refractivity (Wildman–Crippen MR) is 76.2 cm³/mol. The second-order valence-electron chi connectivity index (χ2n) is 5.65. The van der Waals surface area contributed by atoms with Crippen LogP contribution in [0.1, 0.15) is 37.7 Å². The highest BCUT2D eigenvalue weighted by Gasteiger charge is 2.33. The molecule has 0 aromatic heterocycles. The number of halogens is 2. The number of hydrogen-bond acceptors (Lipinski definition) is 2. The van der Waals surface area contributed by atoms with Gasteiger partial charge in [0.2, 0.25) is 5.91 Å². The predicted octanol–water partition coefficient (Wildman–Crippen LogP) is 2.66. The van der Waals surface area contributed by atoms with E-state index >= 15 is 0 Å². The Kier molecular flexibility index (Phi) is 5.46. The Bertz CT molecular complexity index is 562. The normalized spacial score (nSPS) is 20.8. The zero-order valence-corrected chi connectivity index (χ0v) is 12.1. The number of nitrogens with one attached hydrogen (secondary N) is 1. The standard InChI is InChI=1S/C16H19F2NO3/c17-12-8-7-10(9-13(12)18)3-1-6-15(20)19-14-5-2-4-11(14)16(21)22/h7-9,11,14H,1-6H2,(H,19,20)(H,21,22)/t11-,14+/m1/s1. The third kappa shape index (κ3) is 4.26. The molecule has 0 saturated heterocycles. The molecular formula is C16H19F2NO3. The summed E-state index contributed by atoms with van der Waals surface area (Å²) in [6.45, 7) is 0. The van der Waals surface area contributed by atoms with E-state index in [2.05, 4.69) is 5.32 Å². The summed E-state index contributed by atoms with van der Waals surface area (Å²) in [5.41, 5.74) is 0.635. The van der Waals surface area contributed by atoms with Gasteiger partial charge in [0.1, 0.15) is 0 Å². The average molecular weight is 311 g/mol. The molecule has 22 heavy (non-hydrogen) atoms. The molecule has 1 aromatic rings. The topological polar surface area (TPSA) is 66.4 Å². The lowest BCUT2D eigenvalue weighted by atomic mass is 10.0. The minimum atomic E-state index is -0.891. The fourth-order valence-electron chi connectivity index (χ4n) is 2.86. The van der Waals surface area contributed by atoms with Gasteiger partial charge in [0.15, 0.2) is 11.6 Å². The van der Waals surface area contributed by atoms with Gasteiger partial charge in [0, 0.05) is 12.5 Å². The SMILES string of the molecule is O=C(CCCc1ccc(F)c(F)c1)N[C@H]1CCC[C@H]1C(=O)O. The number of aryl methyl sites for hydroxylation is 1. The second-order valence-corrected chi connectivity index (χ2v) is 5.65. The van der Waals surface area contributed by atoms with Gasteiger partial charge in [-0.2, -0.15) is 0 Å². The van der Waals surface area contributed by atoms with Gasteiger partial charge in [-0.05, 0) is 43.4 Å². The van der Waals surface area contributed by atoms with Crippen LogP contribution < -0.4 is 5.32 Å². The molecule has 0 aliphatic heterocycles. The molecule has 0 spiro atoms. The number of carbonyl (C=O) groups excluding carboxylic acids is 1. The number of benzene rings is 1. The lowest BCUT2D eigenvalue weighted by Crippen LogP contribution is -2.40. The molecule has 1 fully saturated rings. The zero-order chi connectivity index (χ0) is 16.1. The maximum absolute atomic E-state index is 13.0. The van der Waals surface area contributed by atoms with Gasteiger partial charge in [-0.15, -0.1) is 0 Å². The van der Waals surface area contributed by atoms with E-state index in [9.17, 15) is 18.4 Å². The van der Waals surface area contributed by atoms with Crippen molar-refractivity contribution in [1.29, 1.82) is 0 Å². The Labute approximate surface area is 127 Å². The number of rotatable bonds is 6. The van der Waals surface area contributed by atoms with Crippen molar-refractivity contribution in [2.75, 3.05) is 0 Å². The highest BCUT2D eigenvalue weighted by atomic mass is 19.2. The summed E-state index contributed by atoms with van der Waals surface area (Å²) >= 11 is 0. The van der Waals surface area contributed by atoms with Crippen molar-refractivity contribution in [2.24, 2.45) is 5.92 Å². The number of carbonyl (C=O) groups is 2. The first-order valence-corrected chi connectivity index (χ1v) is 7.43. The molecule has 1 aliphatic rings. The first kappa shape index (κ1) is 16.4. The van der Waals surface area contributed by atoms with Crippen molar-refractivity contribution in [1.82, 2.24) is 5.32 Å². The smallest absolute Gasteiger partial charge is 0.308 e. The van der Waals surface area contributed by atoms with Crippen LogP contribution in [-0.4, -0.2) is 23.0 Å². The quantitative estimate of drug-likeness (QED) is 0.849. The van der Waals surface area contributed by atoms with Crippen LogP contribution in [0.2, 0.25) is 0 Å². The van der Waals surface area contributed by atoms with Gasteiger partial charge < -0.3 is 10.4 Å². The number of carboxylic acid groups (broad SMARTS) is 1. The molecule has 1 aromatic carbocycles. The molecule has 2 rings (SSSR count). The van der Waals surface area contributed by atoms with Gasteiger partial charge in [-0.3, -0.25) is 9.59 Å². The van der Waals surface area contributed by atoms with Crippen molar-refractivity contribution >= 4 is 11.9 Å². The first-order chi connectivity index (χ1) is 10.5. The van der Waals surface area contributed by atoms with Crippen molar-refractivity contribution in [3.05, 3.63) is 35.4 Å². The molecule has 120 valence electrons. The van der Waals surface area contributed by atoms with E-state index in [-0.39, 0.29) is 18.4 Å². The molecule has 1 saturated carbocycles. The Morgan fingerprint density at radius 1 is 1.23 bits per heavy atom. The number of hydrogen-bond donors (Lipinski definition) is 2. The zero-order valence-electron chi connectivity index (χ0n) is 12.1. The Hall–Kier alpha value is -1.98. The van der Waals surface area contributed by atoms with E-state index in [1.807, 2.05) is 0 Å². The minimum absolute atomic E-state index is 0.194. The summed E-state index contributed by atoms with van der Waals surface area (Å²) in [6.07, 6.45) is 3.29. The van der Waals surface area contributed by atoms with Crippen LogP contribution in [0.15, 0.2) is 18.2 Å². The number of amides is 1. The monoisotopic (exact) mass is 311 g/mol. The van der Waals surface area contributed by atoms with Crippen LogP contribution in [0.5, 0.6) is 0 Å². The van der Waals surface area contributed by atoms with Crippen LogP contribution in [0.3, 0.4) is 0 Å². The molecule has 1 aliphatic carbocycles. The molecule has 1 amide bonds. The largest absolute Gasteiger partial charge is 0.481 e. The van der Waals surface area contributed by atoms with Gasteiger partial charge in [0.05, 0.1) is 5.92 Å². The molecule has 6 heteroatoms. The summed E-state index contributed by atoms with van der Waals surface area (Å²) in [6, 6.07) is 3.40. The lowest BCUT2D eigenvalue weighted by molar-refractivity contribution is -0.142. The average Bonchev–Trinajstić information content (AvgIpc) is 2.91. The van der Waals surface area contributed by atoms with E-state index in [0.29, 0.717) is 31.2 Å². The molecule has 0 heterocycles. The van der Waals surface area contributed by atoms with Gasteiger partial charge in [0.25, 0.3) is 0 Å². The number of aliphatic carboxylic acids is 1. The summed E-state index contributed by atoms with van der Waals surface area (Å²) in [5, 5.41) is 11.8. The van der Waals surface area contributed by atoms with E-state index in [0.717, 1.165) is 18.6 Å². The Morgan fingerprint density at radius 2 is 2.00 bits per heavy atom. The first-order valence-electron chi connectivity index (χ1n) is 7.43. The van der Waals surface area contributed by atoms with E-state index in [4.69, 9.17) is 5.11 Å². The molecule has 4 nitrogen and oxygen atoms in total. The maximum atomic E-state index is 13.0. The highest BCUT2D eigenvalue weighted by Crippen LogP contribution is 2.25. The van der Waals surface area contributed by atoms with Crippen molar-refractivity contribution in [2.45, 2.75) is 44.6 Å². The molecule has 2 atom stereocenters. The van der Waals surface area contributed by atoms with E-state index in [1.54, 1.807) is 0 Å². The van der Waals surface area contributed by atoms with Crippen LogP contribution in [0.25, 0.3) is 0 Å². The molecule has 2 N–H and O–H groups in total. The van der Waals surface area contributed by atoms with Gasteiger partial charge in [-0.1, -0.05) is 12.5 Å². The van der Waals surface area contributed by atoms with Crippen molar-refractivity contribution < 1.29 is 23.5 Å². The maximum Gasteiger partial charge on any atom is 0.308 e. The van der Waals surface area contributed by atoms with E-state index < -0.39 is 23.5 Å². The summed E-state index contributed by atoms with van der Waals surface area (Å²) < 4.78 is 25.8. The summed E-state index contributed by atoms with van der Waals surface area (Å²) in [4.78, 5) is 22.9. The van der Waals surface area contributed by atoms with Crippen molar-refractivity contribution in [3.8, 4) is 0 Å². The summed E-state index contributed by atoms with van der Waals surface area (Å²) in [5.74, 6) is -3.35. The van der Waals surface area contributed by atoms with Gasteiger partial charge >= 0.3 is 5.97 Å². The number of carboxylic acids is 1. The fourth-order valence-corrected chi connectivity index (χ4v) is 2.86. The highest BCUT2D eigenvalue weighted by molar-refractivity contribution is 5.78. The molecular weight excluding hydrogens is 292 g/mol. The van der Waals surface area contributed by atoms with Crippen LogP contribution >= 0.6 is 0 Å². The van der Waals surface area contributed by atoms with Gasteiger partial charge in [-0.25, -0.2) is 8.78 Å². The lowest BCUT2D eigenvalue weighted by Gasteiger charge is -2.17. The van der Waals surface area contributed by atoms with Crippen LogP contribution in [0, 0.1) is 17.6 Å². The van der Waals surface area contributed by atoms with Crippen LogP contribution in [-0.2, 0) is 16.0 Å². The Morgan fingerprint density at radius 3 is 2.68 bits per heavy atom. The van der Waals surface area contributed by atoms with Crippen LogP contribution in [0.4, 0.5) is 8.78 Å². The minimum Gasteiger partial charge on any atom is -0.481 e. The molecule has 0 radical (unpaired) electrons. The second kappa shape index (κ2) is 7.33. The third-order valence-electron chi connectivity index (χ3n) is 4.03. The third-order valence-corrected chi connectivity index (χ3v) is 4.03. The fraction of sp³-hybridized carbons (Fsp3) is 0.500. The Balaban J connectivity index is 1.76. The molecule has 0 unspecified atom stereocenters. The summed E-state index contributed by atoms with van der Waals surface area (Å²) in [7, 11) is 0.